The molecular weight excluding hydrogens is 462 g/mol. The van der Waals surface area contributed by atoms with Crippen LogP contribution < -0.4 is 14.4 Å². The predicted octanol–water partition coefficient (Wildman–Crippen LogP) is 4.85. The van der Waals surface area contributed by atoms with E-state index < -0.39 is 39.8 Å². The van der Waals surface area contributed by atoms with Gasteiger partial charge in [-0.3, -0.25) is 9.10 Å². The maximum Gasteiger partial charge on any atom is 0.264 e. The minimum absolute atomic E-state index is 0.111. The van der Waals surface area contributed by atoms with E-state index in [-0.39, 0.29) is 10.6 Å². The first-order chi connectivity index (χ1) is 15.2. The SMILES string of the molecule is CCOc1ccc(N(CC(=O)Nc2c(F)cccc2F)S(=O)(=O)c2ccc(Cl)cc2)cc1. The topological polar surface area (TPSA) is 75.7 Å². The lowest BCUT2D eigenvalue weighted by molar-refractivity contribution is -0.114. The van der Waals surface area contributed by atoms with Gasteiger partial charge in [0.15, 0.2) is 0 Å². The molecule has 3 aromatic rings. The summed E-state index contributed by atoms with van der Waals surface area (Å²) in [4.78, 5) is 12.5. The molecule has 0 aliphatic rings. The molecular formula is C22H19ClF2N2O4S. The molecule has 1 amide bonds. The summed E-state index contributed by atoms with van der Waals surface area (Å²) in [5.74, 6) is -2.38. The van der Waals surface area contributed by atoms with Crippen LogP contribution in [0.25, 0.3) is 0 Å². The summed E-state index contributed by atoms with van der Waals surface area (Å²) in [6, 6.07) is 14.6. The van der Waals surface area contributed by atoms with Crippen LogP contribution in [0.4, 0.5) is 20.2 Å². The van der Waals surface area contributed by atoms with E-state index in [0.29, 0.717) is 17.4 Å². The number of amides is 1. The van der Waals surface area contributed by atoms with Gasteiger partial charge in [-0.1, -0.05) is 17.7 Å². The van der Waals surface area contributed by atoms with Crippen molar-refractivity contribution in [1.82, 2.24) is 0 Å². The zero-order valence-electron chi connectivity index (χ0n) is 16.9. The number of carbonyl (C=O) groups is 1. The lowest BCUT2D eigenvalue weighted by Gasteiger charge is -2.24. The Bertz CT molecular complexity index is 1180. The number of nitrogens with one attached hydrogen (secondary N) is 1. The van der Waals surface area contributed by atoms with Gasteiger partial charge in [0.2, 0.25) is 5.91 Å². The number of para-hydroxylation sites is 1. The number of rotatable bonds is 8. The summed E-state index contributed by atoms with van der Waals surface area (Å²) in [6.07, 6.45) is 0. The maximum atomic E-state index is 13.9. The van der Waals surface area contributed by atoms with Crippen molar-refractivity contribution in [1.29, 1.82) is 0 Å². The molecule has 168 valence electrons. The molecule has 0 radical (unpaired) electrons. The lowest BCUT2D eigenvalue weighted by atomic mass is 10.3. The van der Waals surface area contributed by atoms with Crippen LogP contribution in [-0.2, 0) is 14.8 Å². The van der Waals surface area contributed by atoms with Crippen molar-refractivity contribution >= 4 is 38.9 Å². The molecule has 0 saturated carbocycles. The minimum Gasteiger partial charge on any atom is -0.494 e. The fraction of sp³-hybridized carbons (Fsp3) is 0.136. The smallest absolute Gasteiger partial charge is 0.264 e. The van der Waals surface area contributed by atoms with E-state index in [1.54, 1.807) is 19.1 Å². The van der Waals surface area contributed by atoms with Crippen molar-refractivity contribution in [2.24, 2.45) is 0 Å². The number of anilines is 2. The van der Waals surface area contributed by atoms with Crippen LogP contribution in [0.15, 0.2) is 71.6 Å². The number of ether oxygens (including phenoxy) is 1. The second-order valence-corrected chi connectivity index (χ2v) is 8.84. The van der Waals surface area contributed by atoms with Crippen molar-refractivity contribution in [3.05, 3.63) is 83.4 Å². The van der Waals surface area contributed by atoms with Gasteiger partial charge in [0.1, 0.15) is 29.6 Å². The highest BCUT2D eigenvalue weighted by Crippen LogP contribution is 2.27. The van der Waals surface area contributed by atoms with Gasteiger partial charge in [-0.2, -0.15) is 0 Å². The van der Waals surface area contributed by atoms with Crippen molar-refractivity contribution in [2.45, 2.75) is 11.8 Å². The number of carbonyl (C=O) groups excluding carboxylic acids is 1. The number of benzene rings is 3. The third-order valence-corrected chi connectivity index (χ3v) is 6.39. The van der Waals surface area contributed by atoms with E-state index in [9.17, 15) is 22.0 Å². The van der Waals surface area contributed by atoms with Gasteiger partial charge in [0, 0.05) is 5.02 Å². The standard InChI is InChI=1S/C22H19ClF2N2O4S/c1-2-31-17-10-8-16(9-11-17)27(32(29,30)18-12-6-15(23)7-13-18)14-21(28)26-22-19(24)4-3-5-20(22)25/h3-13H,2,14H2,1H3,(H,26,28). The number of hydrogen-bond donors (Lipinski definition) is 1. The fourth-order valence-corrected chi connectivity index (χ4v) is 4.40. The first-order valence-corrected chi connectivity index (χ1v) is 11.3. The van der Waals surface area contributed by atoms with E-state index in [1.807, 2.05) is 0 Å². The summed E-state index contributed by atoms with van der Waals surface area (Å²) in [6.45, 7) is 1.49. The molecule has 0 aliphatic heterocycles. The molecule has 0 atom stereocenters. The maximum absolute atomic E-state index is 13.9. The van der Waals surface area contributed by atoms with Crippen molar-refractivity contribution in [3.63, 3.8) is 0 Å². The monoisotopic (exact) mass is 480 g/mol. The Morgan fingerprint density at radius 2 is 1.59 bits per heavy atom. The Hall–Kier alpha value is -3.17. The summed E-state index contributed by atoms with van der Waals surface area (Å²) in [7, 11) is -4.22. The van der Waals surface area contributed by atoms with Crippen molar-refractivity contribution in [2.75, 3.05) is 22.8 Å². The first-order valence-electron chi connectivity index (χ1n) is 9.47. The first kappa shape index (κ1) is 23.5. The highest BCUT2D eigenvalue weighted by atomic mass is 35.5. The second-order valence-electron chi connectivity index (χ2n) is 6.54. The molecule has 0 unspecified atom stereocenters. The van der Waals surface area contributed by atoms with E-state index in [1.165, 1.54) is 36.4 Å². The Morgan fingerprint density at radius 3 is 2.16 bits per heavy atom. The Morgan fingerprint density at radius 1 is 1.00 bits per heavy atom. The van der Waals surface area contributed by atoms with Gasteiger partial charge in [-0.15, -0.1) is 0 Å². The third-order valence-electron chi connectivity index (χ3n) is 4.35. The predicted molar refractivity (Wildman–Crippen MR) is 119 cm³/mol. The average Bonchev–Trinajstić information content (AvgIpc) is 2.76. The Labute approximate surface area is 189 Å². The highest BCUT2D eigenvalue weighted by molar-refractivity contribution is 7.92. The molecule has 3 rings (SSSR count). The second kappa shape index (κ2) is 9.97. The van der Waals surface area contributed by atoms with Crippen molar-refractivity contribution < 1.29 is 26.7 Å². The quantitative estimate of drug-likeness (QED) is 0.500. The molecule has 10 heteroatoms. The van der Waals surface area contributed by atoms with Crippen LogP contribution in [0.5, 0.6) is 5.75 Å². The van der Waals surface area contributed by atoms with Gasteiger partial charge in [-0.25, -0.2) is 17.2 Å². The average molecular weight is 481 g/mol. The molecule has 0 saturated heterocycles. The molecule has 0 aromatic heterocycles. The van der Waals surface area contributed by atoms with Crippen LogP contribution in [0, 0.1) is 11.6 Å². The molecule has 1 N–H and O–H groups in total. The fourth-order valence-electron chi connectivity index (χ4n) is 2.85. The summed E-state index contributed by atoms with van der Waals surface area (Å²) >= 11 is 5.85. The highest BCUT2D eigenvalue weighted by Gasteiger charge is 2.28. The van der Waals surface area contributed by atoms with E-state index >= 15 is 0 Å². The third kappa shape index (κ3) is 5.35. The molecule has 6 nitrogen and oxygen atoms in total. The Balaban J connectivity index is 1.96. The molecule has 0 aliphatic carbocycles. The van der Waals surface area contributed by atoms with Crippen LogP contribution in [0.3, 0.4) is 0 Å². The number of nitrogens with zero attached hydrogens (tertiary/aromatic N) is 1. The van der Waals surface area contributed by atoms with Crippen LogP contribution in [0.2, 0.25) is 5.02 Å². The normalized spacial score (nSPS) is 11.1. The van der Waals surface area contributed by atoms with Gasteiger partial charge >= 0.3 is 0 Å². The van der Waals surface area contributed by atoms with Crippen LogP contribution in [-0.4, -0.2) is 27.5 Å². The number of halogens is 3. The summed E-state index contributed by atoms with van der Waals surface area (Å²) in [5.41, 5.74) is -0.499. The van der Waals surface area contributed by atoms with E-state index in [0.717, 1.165) is 22.5 Å². The summed E-state index contributed by atoms with van der Waals surface area (Å²) in [5, 5.41) is 2.44. The molecule has 0 bridgehead atoms. The van der Waals surface area contributed by atoms with Gasteiger partial charge in [0.25, 0.3) is 10.0 Å². The van der Waals surface area contributed by atoms with Gasteiger partial charge < -0.3 is 10.1 Å². The summed E-state index contributed by atoms with van der Waals surface area (Å²) < 4.78 is 60.6. The number of sulfonamides is 1. The lowest BCUT2D eigenvalue weighted by Crippen LogP contribution is -2.38. The molecule has 0 fully saturated rings. The van der Waals surface area contributed by atoms with Crippen LogP contribution >= 0.6 is 11.6 Å². The molecule has 0 heterocycles. The molecule has 0 spiro atoms. The van der Waals surface area contributed by atoms with Gasteiger partial charge in [-0.05, 0) is 67.6 Å². The molecule has 32 heavy (non-hydrogen) atoms. The van der Waals surface area contributed by atoms with E-state index in [2.05, 4.69) is 5.32 Å². The van der Waals surface area contributed by atoms with Gasteiger partial charge in [0.05, 0.1) is 17.2 Å². The van der Waals surface area contributed by atoms with Crippen LogP contribution in [0.1, 0.15) is 6.92 Å². The zero-order valence-corrected chi connectivity index (χ0v) is 18.5. The molecule has 3 aromatic carbocycles. The largest absolute Gasteiger partial charge is 0.494 e. The number of hydrogen-bond acceptors (Lipinski definition) is 4. The zero-order chi connectivity index (χ0) is 23.3. The Kier molecular flexibility index (Phi) is 7.32. The van der Waals surface area contributed by atoms with Crippen molar-refractivity contribution in [3.8, 4) is 5.75 Å². The minimum atomic E-state index is -4.22. The van der Waals surface area contributed by atoms with E-state index in [4.69, 9.17) is 16.3 Å².